The molecule has 556 valence electrons. The predicted molar refractivity (Wildman–Crippen MR) is 415 cm³/mol. The molecular formula is C86H154NO8P. The fourth-order valence-electron chi connectivity index (χ4n) is 11.6. The molecule has 0 aromatic carbocycles. The molecule has 0 radical (unpaired) electrons. The van der Waals surface area contributed by atoms with E-state index in [0.29, 0.717) is 17.4 Å². The van der Waals surface area contributed by atoms with E-state index >= 15 is 0 Å². The Labute approximate surface area is 595 Å². The molecule has 0 rings (SSSR count). The third-order valence-corrected chi connectivity index (χ3v) is 18.7. The number of quaternary nitrogens is 1. The Balaban J connectivity index is 3.97. The van der Waals surface area contributed by atoms with Gasteiger partial charge in [0.25, 0.3) is 7.82 Å². The second kappa shape index (κ2) is 75.9. The number of carbonyl (C=O) groups is 2. The number of unbranched alkanes of at least 4 members (excludes halogenated alkanes) is 43. The fraction of sp³-hybridized carbons (Fsp3) is 0.767. The Kier molecular flexibility index (Phi) is 73.2. The lowest BCUT2D eigenvalue weighted by Gasteiger charge is -2.28. The molecule has 0 fully saturated rings. The zero-order chi connectivity index (χ0) is 69.7. The van der Waals surface area contributed by atoms with Crippen molar-refractivity contribution < 1.29 is 42.1 Å². The average Bonchev–Trinajstić information content (AvgIpc) is 2.74. The second-order valence-corrected chi connectivity index (χ2v) is 29.8. The standard InChI is InChI=1S/C86H154NO8P/c1-6-8-10-12-14-16-18-20-22-24-26-28-30-32-34-36-38-40-42-43-45-46-48-50-52-54-56-58-60-62-64-66-68-70-72-74-76-78-85(88)92-82-84(83-94-96(90,91)93-81-80-87(3,4)5)95-86(89)79-77-75-73-71-69-67-65-63-61-59-57-55-53-51-49-47-44-41-39-37-35-33-31-29-27-25-23-21-19-17-15-13-11-9-7-2/h9,11,15,17,21,23-24,26-27,29,33,35,39,41,47,49,53,55,84H,6-8,10,12-14,16,18-20,22,25,28,30-32,34,36-38,40,42-46,48,50-52,54,56-83H2,1-5H3/b11-9-,17-15-,23-21-,26-24-,29-27-,35-33-,41-39-,49-47-,55-53-. The molecule has 0 amide bonds. The monoisotopic (exact) mass is 1360 g/mol. The first-order valence-corrected chi connectivity index (χ1v) is 42.1. The van der Waals surface area contributed by atoms with Crippen LogP contribution in [0.1, 0.15) is 373 Å². The number of allylic oxidation sites excluding steroid dienone is 18. The molecule has 2 atom stereocenters. The Morgan fingerprint density at radius 1 is 0.333 bits per heavy atom. The SMILES string of the molecule is CC/C=C\C/C=C\C/C=C\C/C=C\C/C=C\C/C=C\C/C=C\C/C=C\CCCCCCCCCCCCC(=O)OC(COC(=O)CCCCCCCCCCCCCCCCCCCCCCCCCCC/C=C\CCCCCCCCCC)COP(=O)([O-])OCC[N+](C)(C)C. The third-order valence-electron chi connectivity index (χ3n) is 17.8. The van der Waals surface area contributed by atoms with E-state index < -0.39 is 26.5 Å². The second-order valence-electron chi connectivity index (χ2n) is 28.4. The number of esters is 2. The summed E-state index contributed by atoms with van der Waals surface area (Å²) in [6.45, 7) is 4.16. The van der Waals surface area contributed by atoms with Crippen molar-refractivity contribution in [3.05, 3.63) is 109 Å². The highest BCUT2D eigenvalue weighted by Gasteiger charge is 2.22. The van der Waals surface area contributed by atoms with Gasteiger partial charge in [0.1, 0.15) is 19.8 Å². The van der Waals surface area contributed by atoms with Gasteiger partial charge < -0.3 is 27.9 Å². The number of likely N-dealkylation sites (N-methyl/N-ethyl adjacent to an activating group) is 1. The summed E-state index contributed by atoms with van der Waals surface area (Å²) in [5.41, 5.74) is 0. The van der Waals surface area contributed by atoms with Gasteiger partial charge in [0, 0.05) is 12.8 Å². The van der Waals surface area contributed by atoms with Gasteiger partial charge in [0.15, 0.2) is 6.10 Å². The Morgan fingerprint density at radius 2 is 0.594 bits per heavy atom. The number of phosphoric acid groups is 1. The van der Waals surface area contributed by atoms with Crippen molar-refractivity contribution in [3.8, 4) is 0 Å². The van der Waals surface area contributed by atoms with E-state index in [9.17, 15) is 19.0 Å². The summed E-state index contributed by atoms with van der Waals surface area (Å²) in [5, 5.41) is 0. The Morgan fingerprint density at radius 3 is 0.896 bits per heavy atom. The summed E-state index contributed by atoms with van der Waals surface area (Å²) >= 11 is 0. The lowest BCUT2D eigenvalue weighted by molar-refractivity contribution is -0.870. The van der Waals surface area contributed by atoms with Crippen LogP contribution >= 0.6 is 7.82 Å². The van der Waals surface area contributed by atoms with Crippen LogP contribution in [0.5, 0.6) is 0 Å². The molecule has 0 aliphatic carbocycles. The zero-order valence-electron chi connectivity index (χ0n) is 63.6. The predicted octanol–water partition coefficient (Wildman–Crippen LogP) is 26.5. The molecule has 0 heterocycles. The minimum Gasteiger partial charge on any atom is -0.756 e. The van der Waals surface area contributed by atoms with Crippen LogP contribution in [-0.4, -0.2) is 70.0 Å². The molecule has 0 aliphatic rings. The van der Waals surface area contributed by atoms with E-state index in [1.807, 2.05) is 21.1 Å². The summed E-state index contributed by atoms with van der Waals surface area (Å²) in [5.74, 6) is -0.827. The van der Waals surface area contributed by atoms with Gasteiger partial charge in [-0.05, 0) is 103 Å². The minimum atomic E-state index is -4.65. The summed E-state index contributed by atoms with van der Waals surface area (Å²) in [7, 11) is 1.17. The average molecular weight is 1360 g/mol. The van der Waals surface area contributed by atoms with E-state index in [1.54, 1.807) is 0 Å². The summed E-state index contributed by atoms with van der Waals surface area (Å²) in [4.78, 5) is 38.2. The molecule has 0 aliphatic heterocycles. The first-order valence-electron chi connectivity index (χ1n) is 40.6. The van der Waals surface area contributed by atoms with Crippen molar-refractivity contribution in [2.45, 2.75) is 380 Å². The minimum absolute atomic E-state index is 0.0343. The van der Waals surface area contributed by atoms with Crippen molar-refractivity contribution in [2.24, 2.45) is 0 Å². The molecule has 0 saturated heterocycles. The molecule has 2 unspecified atom stereocenters. The topological polar surface area (TPSA) is 111 Å². The fourth-order valence-corrected chi connectivity index (χ4v) is 12.3. The normalized spacial score (nSPS) is 13.6. The molecule has 9 nitrogen and oxygen atoms in total. The highest BCUT2D eigenvalue weighted by Crippen LogP contribution is 2.38. The number of carbonyl (C=O) groups excluding carboxylic acids is 2. The van der Waals surface area contributed by atoms with E-state index in [1.165, 1.54) is 244 Å². The largest absolute Gasteiger partial charge is 0.756 e. The maximum absolute atomic E-state index is 12.9. The number of hydrogen-bond acceptors (Lipinski definition) is 8. The molecule has 0 bridgehead atoms. The van der Waals surface area contributed by atoms with Crippen molar-refractivity contribution in [3.63, 3.8) is 0 Å². The van der Waals surface area contributed by atoms with E-state index in [4.69, 9.17) is 18.5 Å². The molecule has 0 spiro atoms. The Hall–Kier alpha value is -3.33. The van der Waals surface area contributed by atoms with Crippen LogP contribution in [0.3, 0.4) is 0 Å². The number of ether oxygens (including phenoxy) is 2. The van der Waals surface area contributed by atoms with Gasteiger partial charge in [-0.15, -0.1) is 0 Å². The summed E-state index contributed by atoms with van der Waals surface area (Å²) in [6.07, 6.45) is 108. The molecule has 10 heteroatoms. The van der Waals surface area contributed by atoms with Gasteiger partial charge in [-0.1, -0.05) is 367 Å². The molecule has 0 aromatic rings. The lowest BCUT2D eigenvalue weighted by atomic mass is 10.0. The first kappa shape index (κ1) is 92.7. The lowest BCUT2D eigenvalue weighted by Crippen LogP contribution is -2.37. The summed E-state index contributed by atoms with van der Waals surface area (Å²) < 4.78 is 34.4. The van der Waals surface area contributed by atoms with Crippen LogP contribution in [-0.2, 0) is 32.7 Å². The number of nitrogens with zero attached hydrogens (tertiary/aromatic N) is 1. The van der Waals surface area contributed by atoms with Crippen LogP contribution in [0.15, 0.2) is 109 Å². The maximum Gasteiger partial charge on any atom is 0.306 e. The molecular weight excluding hydrogens is 1210 g/mol. The van der Waals surface area contributed by atoms with Gasteiger partial charge in [0.2, 0.25) is 0 Å². The smallest absolute Gasteiger partial charge is 0.306 e. The highest BCUT2D eigenvalue weighted by molar-refractivity contribution is 7.45. The van der Waals surface area contributed by atoms with Crippen LogP contribution in [0, 0.1) is 0 Å². The molecule has 0 saturated carbocycles. The van der Waals surface area contributed by atoms with Gasteiger partial charge >= 0.3 is 11.9 Å². The van der Waals surface area contributed by atoms with Gasteiger partial charge in [-0.25, -0.2) is 0 Å². The van der Waals surface area contributed by atoms with E-state index in [2.05, 4.69) is 123 Å². The third kappa shape index (κ3) is 79.7. The molecule has 0 aromatic heterocycles. The van der Waals surface area contributed by atoms with Crippen molar-refractivity contribution in [2.75, 3.05) is 47.5 Å². The number of rotatable bonds is 75. The van der Waals surface area contributed by atoms with Crippen LogP contribution in [0.2, 0.25) is 0 Å². The van der Waals surface area contributed by atoms with Crippen molar-refractivity contribution in [1.29, 1.82) is 0 Å². The maximum atomic E-state index is 12.9. The van der Waals surface area contributed by atoms with Crippen molar-refractivity contribution in [1.82, 2.24) is 0 Å². The number of phosphoric ester groups is 1. The van der Waals surface area contributed by atoms with Gasteiger partial charge in [-0.2, -0.15) is 0 Å². The van der Waals surface area contributed by atoms with Crippen LogP contribution in [0.4, 0.5) is 0 Å². The van der Waals surface area contributed by atoms with Crippen LogP contribution < -0.4 is 4.89 Å². The van der Waals surface area contributed by atoms with Crippen LogP contribution in [0.25, 0.3) is 0 Å². The van der Waals surface area contributed by atoms with E-state index in [0.717, 1.165) is 96.3 Å². The van der Waals surface area contributed by atoms with Crippen molar-refractivity contribution >= 4 is 19.8 Å². The summed E-state index contributed by atoms with van der Waals surface area (Å²) in [6, 6.07) is 0. The number of hydrogen-bond donors (Lipinski definition) is 0. The van der Waals surface area contributed by atoms with Gasteiger partial charge in [-0.3, -0.25) is 14.2 Å². The van der Waals surface area contributed by atoms with E-state index in [-0.39, 0.29) is 32.0 Å². The molecule has 96 heavy (non-hydrogen) atoms. The Bertz CT molecular complexity index is 1990. The first-order chi connectivity index (χ1) is 47.0. The highest BCUT2D eigenvalue weighted by atomic mass is 31.2. The zero-order valence-corrected chi connectivity index (χ0v) is 64.5. The quantitative estimate of drug-likeness (QED) is 0.0195. The molecule has 0 N–H and O–H groups in total. The van der Waals surface area contributed by atoms with Gasteiger partial charge in [0.05, 0.1) is 27.7 Å².